The van der Waals surface area contributed by atoms with Crippen molar-refractivity contribution < 1.29 is 63.0 Å². The molecule has 62 heavy (non-hydrogen) atoms. The number of Topliss-reactive ketones (excluding diaryl/α,β-unsaturated/α-hetero) is 2. The van der Waals surface area contributed by atoms with Crippen LogP contribution in [0.2, 0.25) is 0 Å². The number of aliphatic hydroxyl groups is 3. The summed E-state index contributed by atoms with van der Waals surface area (Å²) in [6.07, 6.45) is -9.29. The first-order valence-corrected chi connectivity index (χ1v) is 21.1. The summed E-state index contributed by atoms with van der Waals surface area (Å²) in [4.78, 5) is 69.7. The van der Waals surface area contributed by atoms with Gasteiger partial charge < -0.3 is 39.0 Å². The van der Waals surface area contributed by atoms with Crippen molar-refractivity contribution in [2.45, 2.75) is 122 Å². The van der Waals surface area contributed by atoms with Crippen molar-refractivity contribution in [3.63, 3.8) is 0 Å². The molecule has 3 fully saturated rings. The Bertz CT molecular complexity index is 2220. The summed E-state index contributed by atoms with van der Waals surface area (Å²) in [7, 11) is 0. The zero-order valence-electron chi connectivity index (χ0n) is 36.1. The van der Waals surface area contributed by atoms with Crippen LogP contribution in [0.1, 0.15) is 99.9 Å². The third-order valence-electron chi connectivity index (χ3n) is 14.4. The molecule has 1 aliphatic heterocycles. The molecule has 13 heteroatoms. The van der Waals surface area contributed by atoms with Gasteiger partial charge in [0.05, 0.1) is 24.2 Å². The summed E-state index contributed by atoms with van der Waals surface area (Å²) in [5.41, 5.74) is -5.30. The number of hydrogen-bond acceptors (Lipinski definition) is 13. The lowest BCUT2D eigenvalue weighted by Crippen LogP contribution is -2.81. The zero-order valence-corrected chi connectivity index (χ0v) is 36.1. The van der Waals surface area contributed by atoms with E-state index in [1.807, 2.05) is 6.92 Å². The summed E-state index contributed by atoms with van der Waals surface area (Å²) >= 11 is 0. The second kappa shape index (κ2) is 16.9. The van der Waals surface area contributed by atoms with Crippen LogP contribution in [0.5, 0.6) is 0 Å². The van der Waals surface area contributed by atoms with Crippen LogP contribution in [0.25, 0.3) is 0 Å². The Morgan fingerprint density at radius 1 is 0.839 bits per heavy atom. The number of aliphatic hydroxyl groups excluding tert-OH is 2. The maximum Gasteiger partial charge on any atom is 0.338 e. The van der Waals surface area contributed by atoms with Crippen molar-refractivity contribution >= 4 is 29.5 Å². The monoisotopic (exact) mass is 852 g/mol. The van der Waals surface area contributed by atoms with Gasteiger partial charge in [-0.25, -0.2) is 4.79 Å². The standard InChI is InChI=1S/C49H56O13/c1-27-23-37-48(26-58-37,62-30(4)51)41-43(61-44(55)33-21-15-10-16-22-33)49(57)25-36(28(2)38(46(49,5)6)40(59-29(3)50)42(54)47(27,41)7)60-45(56)39(53)34(31-17-11-8-12-18-31)24-35(52)32-19-13-9-14-20-32/h8-22,27,34,36-37,39-41,43,45,53,56-57H,23-26H2,1-7H3/t27-,34-,36-,37+,39+,40+,41?,43-,45-,47-,48-,49+/m0/s1. The van der Waals surface area contributed by atoms with E-state index < -0.39 is 100 Å². The van der Waals surface area contributed by atoms with Crippen molar-refractivity contribution in [1.82, 2.24) is 0 Å². The molecule has 2 saturated carbocycles. The second-order valence-corrected chi connectivity index (χ2v) is 18.2. The molecule has 0 spiro atoms. The van der Waals surface area contributed by atoms with E-state index in [2.05, 4.69) is 0 Å². The number of rotatable bonds is 12. The SMILES string of the molecule is CC(=O)O[C@H]1C(=O)[C@]2(C)C([C@H](OC(=O)c3ccccc3)[C@]3(O)C[C@H](O[C@H](O)[C@H](O)[C@@H](CC(=O)c4ccccc4)c4ccccc4)C(C)=C1C3(C)C)[C@]1(OC(C)=O)CO[C@@H]1C[C@@H]2C. The van der Waals surface area contributed by atoms with E-state index >= 15 is 4.79 Å². The summed E-state index contributed by atoms with van der Waals surface area (Å²) in [5, 5.41) is 37.7. The summed E-state index contributed by atoms with van der Waals surface area (Å²) in [6, 6.07) is 25.5. The smallest absolute Gasteiger partial charge is 0.338 e. The van der Waals surface area contributed by atoms with Gasteiger partial charge in [0.15, 0.2) is 29.6 Å². The molecule has 0 aromatic heterocycles. The van der Waals surface area contributed by atoms with Crippen LogP contribution in [0.3, 0.4) is 0 Å². The molecule has 0 radical (unpaired) electrons. The van der Waals surface area contributed by atoms with Gasteiger partial charge >= 0.3 is 17.9 Å². The average Bonchev–Trinajstić information content (AvgIpc) is 3.24. The fourth-order valence-electron chi connectivity index (χ4n) is 10.9. The van der Waals surface area contributed by atoms with E-state index in [1.54, 1.807) is 119 Å². The Kier molecular flexibility index (Phi) is 12.3. The number of fused-ring (bicyclic) bond motifs is 5. The Hall–Kier alpha value is -5.05. The van der Waals surface area contributed by atoms with Gasteiger partial charge in [-0.3, -0.25) is 19.2 Å². The lowest BCUT2D eigenvalue weighted by atomic mass is 9.43. The maximum atomic E-state index is 15.7. The van der Waals surface area contributed by atoms with Gasteiger partial charge in [-0.15, -0.1) is 0 Å². The minimum Gasteiger partial charge on any atom is -0.455 e. The van der Waals surface area contributed by atoms with Crippen LogP contribution in [0.15, 0.2) is 102 Å². The van der Waals surface area contributed by atoms with Crippen molar-refractivity contribution in [1.29, 1.82) is 0 Å². The van der Waals surface area contributed by atoms with E-state index in [0.29, 0.717) is 16.7 Å². The van der Waals surface area contributed by atoms with Crippen molar-refractivity contribution in [2.75, 3.05) is 6.61 Å². The van der Waals surface area contributed by atoms with E-state index in [0.717, 1.165) is 0 Å². The highest BCUT2D eigenvalue weighted by atomic mass is 16.6. The lowest BCUT2D eigenvalue weighted by Gasteiger charge is -2.68. The largest absolute Gasteiger partial charge is 0.455 e. The van der Waals surface area contributed by atoms with Crippen LogP contribution in [-0.4, -0.2) is 99.4 Å². The first kappa shape index (κ1) is 45.0. The number of benzene rings is 3. The normalized spacial score (nSPS) is 32.6. The van der Waals surface area contributed by atoms with Gasteiger partial charge in [0.1, 0.15) is 23.9 Å². The summed E-state index contributed by atoms with van der Waals surface area (Å²) in [5.74, 6) is -5.93. The molecule has 3 aromatic carbocycles. The third-order valence-corrected chi connectivity index (χ3v) is 14.4. The highest BCUT2D eigenvalue weighted by Gasteiger charge is 2.77. The highest BCUT2D eigenvalue weighted by molar-refractivity contribution is 5.97. The molecule has 1 unspecified atom stereocenters. The molecular weight excluding hydrogens is 797 g/mol. The van der Waals surface area contributed by atoms with E-state index in [-0.39, 0.29) is 42.8 Å². The van der Waals surface area contributed by atoms with Crippen molar-refractivity contribution in [3.05, 3.63) is 119 Å². The fourth-order valence-corrected chi connectivity index (χ4v) is 10.9. The minimum atomic E-state index is -2.22. The summed E-state index contributed by atoms with van der Waals surface area (Å²) in [6.45, 7) is 10.7. The second-order valence-electron chi connectivity index (χ2n) is 18.2. The number of ketones is 2. The van der Waals surface area contributed by atoms with E-state index in [1.165, 1.54) is 13.8 Å². The Morgan fingerprint density at radius 3 is 1.97 bits per heavy atom. The lowest BCUT2D eigenvalue weighted by molar-refractivity contribution is -0.341. The molecular formula is C49H56O13. The Balaban J connectivity index is 1.38. The quantitative estimate of drug-likeness (QED) is 0.0663. The number of carbonyl (C=O) groups excluding carboxylic acids is 5. The van der Waals surface area contributed by atoms with E-state index in [4.69, 9.17) is 23.7 Å². The van der Waals surface area contributed by atoms with Crippen LogP contribution < -0.4 is 0 Å². The molecule has 4 aliphatic rings. The van der Waals surface area contributed by atoms with Crippen LogP contribution in [-0.2, 0) is 38.1 Å². The van der Waals surface area contributed by atoms with Gasteiger partial charge in [0.2, 0.25) is 0 Å². The predicted molar refractivity (Wildman–Crippen MR) is 223 cm³/mol. The predicted octanol–water partition coefficient (Wildman–Crippen LogP) is 5.69. The van der Waals surface area contributed by atoms with Gasteiger partial charge in [0.25, 0.3) is 0 Å². The molecule has 7 rings (SSSR count). The minimum absolute atomic E-state index is 0.152. The van der Waals surface area contributed by atoms with Crippen LogP contribution in [0.4, 0.5) is 0 Å². The molecule has 2 bridgehead atoms. The number of ether oxygens (including phenoxy) is 5. The highest BCUT2D eigenvalue weighted by Crippen LogP contribution is 2.65. The number of esters is 3. The molecule has 1 saturated heterocycles. The van der Waals surface area contributed by atoms with Crippen LogP contribution in [0, 0.1) is 22.7 Å². The molecule has 12 atom stereocenters. The number of hydrogen-bond donors (Lipinski definition) is 3. The van der Waals surface area contributed by atoms with E-state index in [9.17, 15) is 34.5 Å². The summed E-state index contributed by atoms with van der Waals surface area (Å²) < 4.78 is 31.2. The van der Waals surface area contributed by atoms with Gasteiger partial charge in [-0.2, -0.15) is 0 Å². The Labute approximate surface area is 361 Å². The topological polar surface area (TPSA) is 192 Å². The molecule has 3 aliphatic carbocycles. The molecule has 1 heterocycles. The average molecular weight is 853 g/mol. The fraction of sp³-hybridized carbons (Fsp3) is 0.490. The molecule has 3 N–H and O–H groups in total. The first-order chi connectivity index (χ1) is 29.3. The van der Waals surface area contributed by atoms with Gasteiger partial charge in [-0.05, 0) is 48.1 Å². The molecule has 0 amide bonds. The zero-order chi connectivity index (χ0) is 44.9. The molecule has 3 aromatic rings. The first-order valence-electron chi connectivity index (χ1n) is 21.1. The third kappa shape index (κ3) is 7.51. The number of carbonyl (C=O) groups is 5. The molecule has 330 valence electrons. The van der Waals surface area contributed by atoms with Crippen LogP contribution >= 0.6 is 0 Å². The van der Waals surface area contributed by atoms with Gasteiger partial charge in [-0.1, -0.05) is 107 Å². The van der Waals surface area contributed by atoms with Crippen molar-refractivity contribution in [3.8, 4) is 0 Å². The maximum absolute atomic E-state index is 15.7. The van der Waals surface area contributed by atoms with Gasteiger partial charge in [0, 0.05) is 49.0 Å². The Morgan fingerprint density at radius 2 is 1.42 bits per heavy atom. The van der Waals surface area contributed by atoms with Crippen molar-refractivity contribution in [2.24, 2.45) is 22.7 Å². The molecule has 13 nitrogen and oxygen atoms in total.